The van der Waals surface area contributed by atoms with Crippen LogP contribution in [-0.4, -0.2) is 11.1 Å². The summed E-state index contributed by atoms with van der Waals surface area (Å²) in [4.78, 5) is 11.2. The van der Waals surface area contributed by atoms with Crippen LogP contribution < -0.4 is 0 Å². The molecule has 0 aromatic heterocycles. The maximum Gasteiger partial charge on any atom is 0.307 e. The van der Waals surface area contributed by atoms with E-state index in [1.54, 1.807) is 0 Å². The maximum atomic E-state index is 11.2. The van der Waals surface area contributed by atoms with Crippen molar-refractivity contribution in [3.63, 3.8) is 0 Å². The van der Waals surface area contributed by atoms with E-state index < -0.39 is 5.97 Å². The zero-order valence-corrected chi connectivity index (χ0v) is 11.2. The standard InChI is InChI=1S/C18H16O2/c19-17(20)16-11-18(16)9-8-14-10-13(6-7-15(14)18)12-4-2-1-3-5-12/h1-7,10,16H,8-9,11H2,(H,19,20). The van der Waals surface area contributed by atoms with E-state index in [1.807, 2.05) is 18.2 Å². The van der Waals surface area contributed by atoms with Gasteiger partial charge >= 0.3 is 5.97 Å². The molecule has 4 rings (SSSR count). The zero-order valence-electron chi connectivity index (χ0n) is 11.2. The molecule has 0 saturated heterocycles. The maximum absolute atomic E-state index is 11.2. The number of aliphatic carboxylic acids is 1. The monoisotopic (exact) mass is 264 g/mol. The molecule has 2 nitrogen and oxygen atoms in total. The van der Waals surface area contributed by atoms with Crippen LogP contribution >= 0.6 is 0 Å². The van der Waals surface area contributed by atoms with Crippen molar-refractivity contribution in [2.45, 2.75) is 24.7 Å². The first-order chi connectivity index (χ1) is 9.71. The van der Waals surface area contributed by atoms with Crippen LogP contribution in [0.1, 0.15) is 24.0 Å². The van der Waals surface area contributed by atoms with E-state index in [-0.39, 0.29) is 11.3 Å². The summed E-state index contributed by atoms with van der Waals surface area (Å²) in [6.07, 6.45) is 2.83. The summed E-state index contributed by atoms with van der Waals surface area (Å²) in [5.41, 5.74) is 5.03. The lowest BCUT2D eigenvalue weighted by Crippen LogP contribution is -2.11. The van der Waals surface area contributed by atoms with Crippen LogP contribution in [0.15, 0.2) is 48.5 Å². The summed E-state index contributed by atoms with van der Waals surface area (Å²) in [5.74, 6) is -0.795. The summed E-state index contributed by atoms with van der Waals surface area (Å²) in [6.45, 7) is 0. The second-order valence-corrected chi connectivity index (χ2v) is 5.99. The number of hydrogen-bond acceptors (Lipinski definition) is 1. The lowest BCUT2D eigenvalue weighted by Gasteiger charge is -2.11. The van der Waals surface area contributed by atoms with Crippen LogP contribution in [0.2, 0.25) is 0 Å². The van der Waals surface area contributed by atoms with Gasteiger partial charge in [0.25, 0.3) is 0 Å². The molecule has 0 radical (unpaired) electrons. The molecule has 1 spiro atoms. The highest BCUT2D eigenvalue weighted by Gasteiger charge is 2.61. The van der Waals surface area contributed by atoms with E-state index >= 15 is 0 Å². The van der Waals surface area contributed by atoms with E-state index in [0.29, 0.717) is 0 Å². The Morgan fingerprint density at radius 1 is 1.10 bits per heavy atom. The van der Waals surface area contributed by atoms with Gasteiger partial charge < -0.3 is 5.11 Å². The Bertz CT molecular complexity index is 690. The number of rotatable bonds is 2. The molecule has 2 aromatic rings. The number of hydrogen-bond donors (Lipinski definition) is 1. The molecule has 20 heavy (non-hydrogen) atoms. The molecule has 1 saturated carbocycles. The predicted octanol–water partition coefficient (Wildman–Crippen LogP) is 3.64. The van der Waals surface area contributed by atoms with Crippen molar-refractivity contribution < 1.29 is 9.90 Å². The van der Waals surface area contributed by atoms with Crippen molar-refractivity contribution in [1.29, 1.82) is 0 Å². The SMILES string of the molecule is O=C(O)C1CC12CCc1cc(-c3ccccc3)ccc12. The summed E-state index contributed by atoms with van der Waals surface area (Å²) in [7, 11) is 0. The minimum atomic E-state index is -0.634. The van der Waals surface area contributed by atoms with Crippen molar-refractivity contribution in [2.75, 3.05) is 0 Å². The zero-order chi connectivity index (χ0) is 13.7. The van der Waals surface area contributed by atoms with Gasteiger partial charge in [0.05, 0.1) is 5.92 Å². The molecule has 0 heterocycles. The summed E-state index contributed by atoms with van der Waals surface area (Å²) in [6, 6.07) is 16.9. The van der Waals surface area contributed by atoms with Crippen molar-refractivity contribution in [2.24, 2.45) is 5.92 Å². The van der Waals surface area contributed by atoms with Gasteiger partial charge in [-0.05, 0) is 41.5 Å². The molecule has 2 aliphatic rings. The highest BCUT2D eigenvalue weighted by molar-refractivity contribution is 5.78. The minimum Gasteiger partial charge on any atom is -0.481 e. The van der Waals surface area contributed by atoms with Crippen LogP contribution in [-0.2, 0) is 16.6 Å². The average molecular weight is 264 g/mol. The van der Waals surface area contributed by atoms with Gasteiger partial charge in [-0.3, -0.25) is 4.79 Å². The number of aryl methyl sites for hydroxylation is 1. The molecule has 2 atom stereocenters. The number of fused-ring (bicyclic) bond motifs is 2. The average Bonchev–Trinajstić information content (AvgIpc) is 3.11. The Morgan fingerprint density at radius 3 is 2.60 bits per heavy atom. The van der Waals surface area contributed by atoms with E-state index in [0.717, 1.165) is 19.3 Å². The minimum absolute atomic E-state index is 0.0453. The topological polar surface area (TPSA) is 37.3 Å². The molecule has 1 N–H and O–H groups in total. The molecule has 2 aliphatic carbocycles. The van der Waals surface area contributed by atoms with Gasteiger partial charge in [0.15, 0.2) is 0 Å². The first-order valence-corrected chi connectivity index (χ1v) is 7.12. The van der Waals surface area contributed by atoms with Gasteiger partial charge in [0.1, 0.15) is 0 Å². The first-order valence-electron chi connectivity index (χ1n) is 7.12. The van der Waals surface area contributed by atoms with Gasteiger partial charge in [0, 0.05) is 5.41 Å². The second-order valence-electron chi connectivity index (χ2n) is 5.99. The number of carboxylic acids is 1. The molecule has 1 fully saturated rings. The fourth-order valence-electron chi connectivity index (χ4n) is 3.79. The predicted molar refractivity (Wildman–Crippen MR) is 77.6 cm³/mol. The van der Waals surface area contributed by atoms with Gasteiger partial charge in [-0.15, -0.1) is 0 Å². The van der Waals surface area contributed by atoms with Crippen LogP contribution in [0.3, 0.4) is 0 Å². The molecule has 2 unspecified atom stereocenters. The van der Waals surface area contributed by atoms with E-state index in [2.05, 4.69) is 30.3 Å². The molecular formula is C18H16O2. The molecule has 0 bridgehead atoms. The third kappa shape index (κ3) is 1.54. The molecular weight excluding hydrogens is 248 g/mol. The number of benzene rings is 2. The van der Waals surface area contributed by atoms with E-state index in [4.69, 9.17) is 0 Å². The third-order valence-corrected chi connectivity index (χ3v) is 4.96. The molecule has 0 amide bonds. The lowest BCUT2D eigenvalue weighted by atomic mass is 9.93. The van der Waals surface area contributed by atoms with Crippen LogP contribution in [0.5, 0.6) is 0 Å². The fourth-order valence-corrected chi connectivity index (χ4v) is 3.79. The number of carboxylic acid groups (broad SMARTS) is 1. The Morgan fingerprint density at radius 2 is 1.90 bits per heavy atom. The Labute approximate surface area is 118 Å². The molecule has 2 aromatic carbocycles. The summed E-state index contributed by atoms with van der Waals surface area (Å²) >= 11 is 0. The van der Waals surface area contributed by atoms with Gasteiger partial charge in [-0.2, -0.15) is 0 Å². The van der Waals surface area contributed by atoms with Gasteiger partial charge in [-0.25, -0.2) is 0 Å². The van der Waals surface area contributed by atoms with E-state index in [1.165, 1.54) is 22.3 Å². The largest absolute Gasteiger partial charge is 0.481 e. The molecule has 2 heteroatoms. The quantitative estimate of drug-likeness (QED) is 0.899. The molecule has 0 aliphatic heterocycles. The van der Waals surface area contributed by atoms with Crippen molar-refractivity contribution in [3.8, 4) is 11.1 Å². The summed E-state index contributed by atoms with van der Waals surface area (Å²) in [5, 5.41) is 9.24. The fraction of sp³-hybridized carbons (Fsp3) is 0.278. The lowest BCUT2D eigenvalue weighted by molar-refractivity contribution is -0.139. The van der Waals surface area contributed by atoms with Crippen LogP contribution in [0.25, 0.3) is 11.1 Å². The van der Waals surface area contributed by atoms with Crippen molar-refractivity contribution in [1.82, 2.24) is 0 Å². The summed E-state index contributed by atoms with van der Waals surface area (Å²) < 4.78 is 0. The van der Waals surface area contributed by atoms with Crippen molar-refractivity contribution >= 4 is 5.97 Å². The second kappa shape index (κ2) is 3.95. The smallest absolute Gasteiger partial charge is 0.307 e. The highest BCUT2D eigenvalue weighted by Crippen LogP contribution is 2.61. The highest BCUT2D eigenvalue weighted by atomic mass is 16.4. The van der Waals surface area contributed by atoms with Crippen molar-refractivity contribution in [3.05, 3.63) is 59.7 Å². The van der Waals surface area contributed by atoms with Crippen LogP contribution in [0, 0.1) is 5.92 Å². The Kier molecular flexibility index (Phi) is 2.31. The third-order valence-electron chi connectivity index (χ3n) is 4.96. The van der Waals surface area contributed by atoms with E-state index in [9.17, 15) is 9.90 Å². The van der Waals surface area contributed by atoms with Gasteiger partial charge in [-0.1, -0.05) is 48.5 Å². The van der Waals surface area contributed by atoms with Crippen LogP contribution in [0.4, 0.5) is 0 Å². The molecule has 100 valence electrons. The number of carbonyl (C=O) groups is 1. The Hall–Kier alpha value is -2.09. The van der Waals surface area contributed by atoms with Gasteiger partial charge in [0.2, 0.25) is 0 Å². The Balaban J connectivity index is 1.73. The normalized spacial score (nSPS) is 26.5. The first kappa shape index (κ1) is 11.7.